The van der Waals surface area contributed by atoms with E-state index in [-0.39, 0.29) is 0 Å². The van der Waals surface area contributed by atoms with Gasteiger partial charge < -0.3 is 0 Å². The van der Waals surface area contributed by atoms with Crippen molar-refractivity contribution in [2.75, 3.05) is 0 Å². The molecule has 0 aliphatic rings. The monoisotopic (exact) mass is 209 g/mol. The normalized spacial score (nSPS) is 11.4. The molecule has 0 fully saturated rings. The van der Waals surface area contributed by atoms with E-state index in [4.69, 9.17) is 0 Å². The lowest BCUT2D eigenvalue weighted by atomic mass is 10.1. The molecular weight excluding hydrogens is 194 g/mol. The van der Waals surface area contributed by atoms with Crippen LogP contribution in [-0.2, 0) is 0 Å². The van der Waals surface area contributed by atoms with E-state index in [0.717, 1.165) is 17.8 Å². The lowest BCUT2D eigenvalue weighted by molar-refractivity contribution is 1.26. The Kier molecular flexibility index (Phi) is 3.50. The van der Waals surface area contributed by atoms with Crippen molar-refractivity contribution < 1.29 is 0 Å². The van der Waals surface area contributed by atoms with Gasteiger partial charge in [0.05, 0.1) is 5.69 Å². The minimum atomic E-state index is 0.943. The van der Waals surface area contributed by atoms with Gasteiger partial charge in [-0.3, -0.25) is 4.99 Å². The molecule has 1 heteroatoms. The Morgan fingerprint density at radius 3 is 2.00 bits per heavy atom. The summed E-state index contributed by atoms with van der Waals surface area (Å²) in [5.41, 5.74) is 3.35. The van der Waals surface area contributed by atoms with Crippen LogP contribution in [0, 0.1) is 0 Å². The van der Waals surface area contributed by atoms with E-state index in [0.29, 0.717) is 0 Å². The summed E-state index contributed by atoms with van der Waals surface area (Å²) in [6, 6.07) is 20.4. The third kappa shape index (κ3) is 2.57. The first-order chi connectivity index (χ1) is 7.90. The number of rotatable bonds is 3. The largest absolute Gasteiger partial charge is 0.253 e. The second kappa shape index (κ2) is 5.26. The topological polar surface area (TPSA) is 12.4 Å². The zero-order chi connectivity index (χ0) is 11.2. The van der Waals surface area contributed by atoms with E-state index in [1.165, 1.54) is 5.56 Å². The van der Waals surface area contributed by atoms with Crippen molar-refractivity contribution in [3.63, 3.8) is 0 Å². The molecule has 80 valence electrons. The molecule has 2 aromatic rings. The highest BCUT2D eigenvalue weighted by Crippen LogP contribution is 2.14. The summed E-state index contributed by atoms with van der Waals surface area (Å²) in [5.74, 6) is 0. The van der Waals surface area contributed by atoms with Gasteiger partial charge >= 0.3 is 0 Å². The Morgan fingerprint density at radius 1 is 0.875 bits per heavy atom. The summed E-state index contributed by atoms with van der Waals surface area (Å²) in [6.45, 7) is 2.13. The SMILES string of the molecule is CC/C(=N/c1ccccc1)c1ccccc1. The van der Waals surface area contributed by atoms with Crippen LogP contribution < -0.4 is 0 Å². The number of nitrogens with zero attached hydrogens (tertiary/aromatic N) is 1. The molecule has 0 N–H and O–H groups in total. The van der Waals surface area contributed by atoms with Gasteiger partial charge in [-0.05, 0) is 24.1 Å². The molecule has 2 rings (SSSR count). The smallest absolute Gasteiger partial charge is 0.0633 e. The Labute approximate surface area is 96.5 Å². The highest BCUT2D eigenvalue weighted by Gasteiger charge is 1.99. The summed E-state index contributed by atoms with van der Waals surface area (Å²) in [5, 5.41) is 0. The van der Waals surface area contributed by atoms with Crippen molar-refractivity contribution in [3.05, 3.63) is 66.2 Å². The van der Waals surface area contributed by atoms with E-state index >= 15 is 0 Å². The summed E-state index contributed by atoms with van der Waals surface area (Å²) < 4.78 is 0. The molecule has 1 nitrogen and oxygen atoms in total. The predicted molar refractivity (Wildman–Crippen MR) is 69.4 cm³/mol. The first-order valence-corrected chi connectivity index (χ1v) is 5.58. The van der Waals surface area contributed by atoms with Crippen LogP contribution in [0.25, 0.3) is 0 Å². The quantitative estimate of drug-likeness (QED) is 0.671. The molecule has 0 saturated carbocycles. The molecule has 2 aromatic carbocycles. The second-order valence-corrected chi connectivity index (χ2v) is 3.61. The minimum absolute atomic E-state index is 0.943. The maximum Gasteiger partial charge on any atom is 0.0633 e. The molecular formula is C15H15N. The van der Waals surface area contributed by atoms with E-state index in [2.05, 4.69) is 24.0 Å². The second-order valence-electron chi connectivity index (χ2n) is 3.61. The van der Waals surface area contributed by atoms with Crippen molar-refractivity contribution in [3.8, 4) is 0 Å². The number of benzene rings is 2. The molecule has 0 radical (unpaired) electrons. The lowest BCUT2D eigenvalue weighted by Crippen LogP contribution is -1.97. The molecule has 16 heavy (non-hydrogen) atoms. The third-order valence-electron chi connectivity index (χ3n) is 2.46. The van der Waals surface area contributed by atoms with Crippen LogP contribution in [0.15, 0.2) is 65.7 Å². The van der Waals surface area contributed by atoms with Crippen LogP contribution in [-0.4, -0.2) is 5.71 Å². The Bertz CT molecular complexity index is 457. The van der Waals surface area contributed by atoms with Gasteiger partial charge in [-0.25, -0.2) is 0 Å². The minimum Gasteiger partial charge on any atom is -0.253 e. The molecule has 0 spiro atoms. The molecule has 0 atom stereocenters. The predicted octanol–water partition coefficient (Wildman–Crippen LogP) is 4.22. The lowest BCUT2D eigenvalue weighted by Gasteiger charge is -2.03. The van der Waals surface area contributed by atoms with Crippen molar-refractivity contribution in [1.82, 2.24) is 0 Å². The number of hydrogen-bond acceptors (Lipinski definition) is 1. The summed E-state index contributed by atoms with van der Waals surface area (Å²) in [6.07, 6.45) is 0.943. The van der Waals surface area contributed by atoms with E-state index in [1.54, 1.807) is 0 Å². The molecule has 0 aromatic heterocycles. The standard InChI is InChI=1S/C15H15N/c1-2-15(13-9-5-3-6-10-13)16-14-11-7-4-8-12-14/h3-12H,2H2,1H3/b16-15-. The first kappa shape index (κ1) is 10.6. The van der Waals surface area contributed by atoms with E-state index in [9.17, 15) is 0 Å². The fourth-order valence-electron chi connectivity index (χ4n) is 1.64. The van der Waals surface area contributed by atoms with Crippen molar-refractivity contribution in [2.24, 2.45) is 4.99 Å². The van der Waals surface area contributed by atoms with Crippen LogP contribution >= 0.6 is 0 Å². The number of hydrogen-bond donors (Lipinski definition) is 0. The summed E-state index contributed by atoms with van der Waals surface area (Å²) >= 11 is 0. The van der Waals surface area contributed by atoms with Gasteiger partial charge in [0.25, 0.3) is 0 Å². The number of aliphatic imine (C=N–C) groups is 1. The summed E-state index contributed by atoms with van der Waals surface area (Å²) in [4.78, 5) is 4.66. The molecule has 0 aliphatic heterocycles. The zero-order valence-electron chi connectivity index (χ0n) is 9.43. The molecule has 0 saturated heterocycles. The molecule has 0 bridgehead atoms. The maximum absolute atomic E-state index is 4.66. The molecule has 0 amide bonds. The van der Waals surface area contributed by atoms with Crippen LogP contribution in [0.5, 0.6) is 0 Å². The van der Waals surface area contributed by atoms with Crippen molar-refractivity contribution >= 4 is 11.4 Å². The van der Waals surface area contributed by atoms with Gasteiger partial charge in [0.2, 0.25) is 0 Å². The summed E-state index contributed by atoms with van der Waals surface area (Å²) in [7, 11) is 0. The molecule has 0 heterocycles. The van der Waals surface area contributed by atoms with Gasteiger partial charge in [0, 0.05) is 5.71 Å². The van der Waals surface area contributed by atoms with Crippen LogP contribution in [0.3, 0.4) is 0 Å². The van der Waals surface area contributed by atoms with Gasteiger partial charge in [-0.2, -0.15) is 0 Å². The molecule has 0 aliphatic carbocycles. The Morgan fingerprint density at radius 2 is 1.44 bits per heavy atom. The van der Waals surface area contributed by atoms with Gasteiger partial charge in [-0.1, -0.05) is 55.5 Å². The first-order valence-electron chi connectivity index (χ1n) is 5.58. The van der Waals surface area contributed by atoms with Crippen molar-refractivity contribution in [1.29, 1.82) is 0 Å². The fourth-order valence-corrected chi connectivity index (χ4v) is 1.64. The average molecular weight is 209 g/mol. The molecule has 0 unspecified atom stereocenters. The van der Waals surface area contributed by atoms with E-state index < -0.39 is 0 Å². The van der Waals surface area contributed by atoms with Crippen LogP contribution in [0.2, 0.25) is 0 Å². The Hall–Kier alpha value is -1.89. The fraction of sp³-hybridized carbons (Fsp3) is 0.133. The van der Waals surface area contributed by atoms with Gasteiger partial charge in [0.15, 0.2) is 0 Å². The average Bonchev–Trinajstić information content (AvgIpc) is 2.38. The highest BCUT2D eigenvalue weighted by atomic mass is 14.7. The maximum atomic E-state index is 4.66. The van der Waals surface area contributed by atoms with Crippen LogP contribution in [0.4, 0.5) is 5.69 Å². The zero-order valence-corrected chi connectivity index (χ0v) is 9.43. The van der Waals surface area contributed by atoms with Gasteiger partial charge in [0.1, 0.15) is 0 Å². The van der Waals surface area contributed by atoms with Crippen LogP contribution in [0.1, 0.15) is 18.9 Å². The van der Waals surface area contributed by atoms with Gasteiger partial charge in [-0.15, -0.1) is 0 Å². The number of para-hydroxylation sites is 1. The Balaban J connectivity index is 2.34. The highest BCUT2D eigenvalue weighted by molar-refractivity contribution is 6.01. The third-order valence-corrected chi connectivity index (χ3v) is 2.46. The van der Waals surface area contributed by atoms with Crippen molar-refractivity contribution in [2.45, 2.75) is 13.3 Å². The van der Waals surface area contributed by atoms with E-state index in [1.807, 2.05) is 48.5 Å².